The van der Waals surface area contributed by atoms with Crippen LogP contribution in [0.5, 0.6) is 0 Å². The van der Waals surface area contributed by atoms with Gasteiger partial charge in [-0.15, -0.1) is 11.6 Å². The minimum absolute atomic E-state index is 0. The molecule has 69 heavy (non-hydrogen) atoms. The first-order valence-corrected chi connectivity index (χ1v) is 20.2. The predicted molar refractivity (Wildman–Crippen MR) is 227 cm³/mol. The first-order valence-electron chi connectivity index (χ1n) is 19.6. The van der Waals surface area contributed by atoms with Crippen molar-refractivity contribution in [1.82, 2.24) is 21.3 Å². The number of rotatable bonds is 20. The summed E-state index contributed by atoms with van der Waals surface area (Å²) in [6, 6.07) is -2.21. The number of Topliss-reactive ketones (excluding diaryl/α,β-unsaturated/α-hetero) is 2. The van der Waals surface area contributed by atoms with Gasteiger partial charge in [0.2, 0.25) is 12.2 Å². The van der Waals surface area contributed by atoms with Gasteiger partial charge < -0.3 is 50.1 Å². The first-order chi connectivity index (χ1) is 29.8. The maximum Gasteiger partial charge on any atom is 0.423 e. The van der Waals surface area contributed by atoms with E-state index in [4.69, 9.17) is 35.7 Å². The molecule has 0 aliphatic heterocycles. The summed E-state index contributed by atoms with van der Waals surface area (Å²) in [4.78, 5) is 71.8. The molecule has 0 saturated carbocycles. The zero-order valence-electron chi connectivity index (χ0n) is 38.8. The van der Waals surface area contributed by atoms with Gasteiger partial charge in [0.1, 0.15) is 29.0 Å². The van der Waals surface area contributed by atoms with Crippen LogP contribution in [0.25, 0.3) is 0 Å². The number of halogens is 13. The van der Waals surface area contributed by atoms with Crippen molar-refractivity contribution in [2.45, 2.75) is 181 Å². The van der Waals surface area contributed by atoms with Gasteiger partial charge in [0.15, 0.2) is 11.6 Å². The van der Waals surface area contributed by atoms with Gasteiger partial charge in [-0.1, -0.05) is 14.9 Å². The van der Waals surface area contributed by atoms with Gasteiger partial charge in [-0.2, -0.15) is 52.7 Å². The van der Waals surface area contributed by atoms with E-state index in [0.717, 1.165) is 0 Å². The molecule has 0 unspecified atom stereocenters. The van der Waals surface area contributed by atoms with Gasteiger partial charge in [-0.05, 0) is 94.9 Å². The molecular weight excluding hydrogens is 992 g/mol. The predicted octanol–water partition coefficient (Wildman–Crippen LogP) is 8.03. The van der Waals surface area contributed by atoms with E-state index in [1.807, 2.05) is 0 Å². The van der Waals surface area contributed by atoms with Crippen LogP contribution in [0.4, 0.5) is 62.3 Å². The van der Waals surface area contributed by atoms with Crippen LogP contribution >= 0.6 is 11.6 Å². The third-order valence-electron chi connectivity index (χ3n) is 7.92. The van der Waals surface area contributed by atoms with Crippen LogP contribution in [0.1, 0.15) is 110 Å². The van der Waals surface area contributed by atoms with Crippen LogP contribution in [0.3, 0.4) is 0 Å². The number of methoxy groups -OCH3 is 2. The number of aliphatic hydroxyl groups is 1. The lowest BCUT2D eigenvalue weighted by Gasteiger charge is -2.27. The molecule has 0 fully saturated rings. The normalized spacial score (nSPS) is 13.4. The second-order valence-corrected chi connectivity index (χ2v) is 17.2. The number of hydrogen-bond donors (Lipinski definition) is 5. The summed E-state index contributed by atoms with van der Waals surface area (Å²) in [5.74, 6) is -2.92. The second kappa shape index (κ2) is 30.8. The SMILES string of the molecule is C.C.COC(C)(C)C(=O)N[C@@H](CCCNC(=O)OC(C)(C)C)C(=O)CCl.COC(C)(C)C(=O)N[C@@H](CCCNC(=O)OC(C)(C)C)C(=O)COC(C(F)(F)F)C(F)(F)F.OC(C(F)(F)F)C(F)(F)F. The van der Waals surface area contributed by atoms with E-state index >= 15 is 0 Å². The lowest BCUT2D eigenvalue weighted by Crippen LogP contribution is -2.52. The molecule has 0 saturated heterocycles. The quantitative estimate of drug-likeness (QED) is 0.0445. The molecule has 0 aromatic rings. The molecule has 16 nitrogen and oxygen atoms in total. The molecule has 2 atom stereocenters. The average molecular weight is 1060 g/mol. The summed E-state index contributed by atoms with van der Waals surface area (Å²) in [5, 5.41) is 17.3. The Labute approximate surface area is 399 Å². The van der Waals surface area contributed by atoms with Gasteiger partial charge in [-0.3, -0.25) is 19.2 Å². The Kier molecular flexibility index (Phi) is 33.0. The van der Waals surface area contributed by atoms with Crippen molar-refractivity contribution in [1.29, 1.82) is 0 Å². The molecule has 0 heterocycles. The standard InChI is InChI=1S/C19H30F6N2O6.C16H29ClN2O5.C3H2F6O.2CH4/c1-16(2,3)33-15(30)26-9-7-8-11(27-14(29)17(4,5)31-6)12(28)10-32-13(18(20,21)22)19(23,24)25;1-15(2,3)24-14(22)18-9-7-8-11(12(20)10-17)19-13(21)16(4,5)23-6;4-2(5,6)1(10)3(7,8)9;;/h11,13H,7-10H2,1-6H3,(H,26,30)(H,27,29);11H,7-10H2,1-6H3,(H,18,22)(H,19,21);1,10H;2*1H4/t2*11-;;;/m00.../s1. The highest BCUT2D eigenvalue weighted by Crippen LogP contribution is 2.36. The third-order valence-corrected chi connectivity index (χ3v) is 8.18. The fraction of sp³-hybridized carbons (Fsp3) is 0.850. The van der Waals surface area contributed by atoms with Crippen LogP contribution in [0, 0.1) is 0 Å². The lowest BCUT2D eigenvalue weighted by molar-refractivity contribution is -0.319. The van der Waals surface area contributed by atoms with Crippen LogP contribution < -0.4 is 21.3 Å². The molecule has 5 N–H and O–H groups in total. The van der Waals surface area contributed by atoms with Crippen LogP contribution in [0.2, 0.25) is 0 Å². The van der Waals surface area contributed by atoms with Gasteiger partial charge in [-0.25, -0.2) is 9.59 Å². The Hall–Kier alpha value is -3.89. The minimum Gasteiger partial charge on any atom is -0.444 e. The summed E-state index contributed by atoms with van der Waals surface area (Å²) in [6.45, 7) is 14.8. The fourth-order valence-electron chi connectivity index (χ4n) is 4.02. The summed E-state index contributed by atoms with van der Waals surface area (Å²) in [6.07, 6.45) is -31.8. The van der Waals surface area contributed by atoms with Gasteiger partial charge in [0.05, 0.1) is 18.0 Å². The monoisotopic (exact) mass is 1060 g/mol. The Morgan fingerprint density at radius 2 is 0.841 bits per heavy atom. The Morgan fingerprint density at radius 3 is 1.07 bits per heavy atom. The van der Waals surface area contributed by atoms with Crippen LogP contribution in [-0.4, -0.2) is 152 Å². The van der Waals surface area contributed by atoms with Crippen molar-refractivity contribution in [3.8, 4) is 0 Å². The van der Waals surface area contributed by atoms with E-state index in [1.165, 1.54) is 28.1 Å². The number of ether oxygens (including phenoxy) is 5. The molecule has 0 radical (unpaired) electrons. The van der Waals surface area contributed by atoms with E-state index in [2.05, 4.69) is 26.0 Å². The zero-order valence-corrected chi connectivity index (χ0v) is 39.6. The van der Waals surface area contributed by atoms with Gasteiger partial charge in [0, 0.05) is 27.3 Å². The number of hydrogen-bond acceptors (Lipinski definition) is 12. The number of alkyl halides is 13. The summed E-state index contributed by atoms with van der Waals surface area (Å²) >= 11 is 5.59. The number of nitrogens with one attached hydrogen (secondary N) is 4. The number of aliphatic hydroxyl groups excluding tert-OH is 1. The largest absolute Gasteiger partial charge is 0.444 e. The summed E-state index contributed by atoms with van der Waals surface area (Å²) in [7, 11) is 2.62. The summed E-state index contributed by atoms with van der Waals surface area (Å²) < 4.78 is 166. The maximum atomic E-state index is 12.6. The van der Waals surface area contributed by atoms with E-state index in [1.54, 1.807) is 55.4 Å². The molecule has 0 aromatic heterocycles. The van der Waals surface area contributed by atoms with Crippen molar-refractivity contribution >= 4 is 47.2 Å². The zero-order chi connectivity index (χ0) is 53.8. The first kappa shape index (κ1) is 74.1. The van der Waals surface area contributed by atoms with E-state index < -0.39 is 108 Å². The Balaban J connectivity index is -0.000000331. The molecule has 0 aromatic carbocycles. The Morgan fingerprint density at radius 1 is 0.536 bits per heavy atom. The Bertz CT molecular complexity index is 1540. The number of ketones is 2. The highest BCUT2D eigenvalue weighted by atomic mass is 35.5. The number of alkyl carbamates (subject to hydrolysis) is 2. The maximum absolute atomic E-state index is 12.6. The summed E-state index contributed by atoms with van der Waals surface area (Å²) in [5.41, 5.74) is -3.82. The molecule has 4 amide bonds. The van der Waals surface area contributed by atoms with E-state index in [-0.39, 0.29) is 45.9 Å². The third kappa shape index (κ3) is 34.1. The number of amides is 4. The van der Waals surface area contributed by atoms with Gasteiger partial charge >= 0.3 is 36.9 Å². The van der Waals surface area contributed by atoms with Crippen molar-refractivity contribution in [2.75, 3.05) is 39.8 Å². The second-order valence-electron chi connectivity index (χ2n) is 16.9. The highest BCUT2D eigenvalue weighted by molar-refractivity contribution is 6.28. The molecule has 0 aliphatic rings. The minimum atomic E-state index is -5.79. The highest BCUT2D eigenvalue weighted by Gasteiger charge is 2.58. The van der Waals surface area contributed by atoms with Crippen molar-refractivity contribution in [3.05, 3.63) is 0 Å². The molecule has 412 valence electrons. The molecule has 0 rings (SSSR count). The van der Waals surface area contributed by atoms with Crippen molar-refractivity contribution in [3.63, 3.8) is 0 Å². The smallest absolute Gasteiger partial charge is 0.423 e. The molecular formula is C40H69ClF12N4O12. The fourth-order valence-corrected chi connectivity index (χ4v) is 4.20. The van der Waals surface area contributed by atoms with E-state index in [0.29, 0.717) is 19.4 Å². The number of carbonyl (C=O) groups is 6. The topological polar surface area (TPSA) is 217 Å². The molecule has 29 heteroatoms. The van der Waals surface area contributed by atoms with Gasteiger partial charge in [0.25, 0.3) is 11.8 Å². The molecule has 0 aliphatic carbocycles. The average Bonchev–Trinajstić information content (AvgIpc) is 3.13. The molecule has 0 spiro atoms. The van der Waals surface area contributed by atoms with Crippen LogP contribution in [0.15, 0.2) is 0 Å². The van der Waals surface area contributed by atoms with Crippen LogP contribution in [-0.2, 0) is 42.9 Å². The number of carbonyl (C=O) groups excluding carboxylic acids is 6. The molecule has 0 bridgehead atoms. The lowest BCUT2D eigenvalue weighted by atomic mass is 10.0. The van der Waals surface area contributed by atoms with Crippen molar-refractivity contribution in [2.24, 2.45) is 0 Å². The van der Waals surface area contributed by atoms with E-state index in [9.17, 15) is 81.5 Å². The van der Waals surface area contributed by atoms with Crippen molar-refractivity contribution < 1.29 is 110 Å².